The van der Waals surface area contributed by atoms with E-state index in [4.69, 9.17) is 14.3 Å². The number of carbonyl (C=O) groups is 1. The van der Waals surface area contributed by atoms with Gasteiger partial charge >= 0.3 is 5.97 Å². The number of oxazole rings is 1. The monoisotopic (exact) mass is 428 g/mol. The topological polar surface area (TPSA) is 106 Å². The minimum absolute atomic E-state index is 0.0817. The largest absolute Gasteiger partial charge is 0.477 e. The number of aliphatic hydroxyl groups is 1. The van der Waals surface area contributed by atoms with Gasteiger partial charge in [-0.15, -0.1) is 0 Å². The van der Waals surface area contributed by atoms with E-state index in [0.717, 1.165) is 22.6 Å². The van der Waals surface area contributed by atoms with Crippen molar-refractivity contribution in [1.82, 2.24) is 9.97 Å². The number of carboxylic acids is 1. The van der Waals surface area contributed by atoms with Gasteiger partial charge in [0.05, 0.1) is 6.20 Å². The maximum Gasteiger partial charge on any atom is 0.354 e. The number of pyridine rings is 1. The minimum atomic E-state index is -1.12. The Morgan fingerprint density at radius 3 is 2.62 bits per heavy atom. The normalized spacial score (nSPS) is 15.8. The molecule has 2 heterocycles. The van der Waals surface area contributed by atoms with E-state index in [9.17, 15) is 9.90 Å². The zero-order valence-electron chi connectivity index (χ0n) is 17.0. The summed E-state index contributed by atoms with van der Waals surface area (Å²) in [6, 6.07) is 20.2. The lowest BCUT2D eigenvalue weighted by Gasteiger charge is -2.14. The van der Waals surface area contributed by atoms with E-state index in [-0.39, 0.29) is 17.5 Å². The number of nitrogens with zero attached hydrogens (tertiary/aromatic N) is 2. The summed E-state index contributed by atoms with van der Waals surface area (Å²) < 4.78 is 11.7. The van der Waals surface area contributed by atoms with Crippen LogP contribution in [0.1, 0.15) is 33.6 Å². The third-order valence-electron chi connectivity index (χ3n) is 5.56. The maximum atomic E-state index is 11.1. The highest BCUT2D eigenvalue weighted by atomic mass is 16.5. The van der Waals surface area contributed by atoms with Crippen LogP contribution in [0.5, 0.6) is 11.5 Å². The molecule has 0 saturated heterocycles. The van der Waals surface area contributed by atoms with Gasteiger partial charge in [0, 0.05) is 5.92 Å². The van der Waals surface area contributed by atoms with Gasteiger partial charge in [-0.2, -0.15) is 0 Å². The Bertz CT molecular complexity index is 1270. The molecule has 1 aliphatic rings. The third-order valence-corrected chi connectivity index (χ3v) is 5.56. The van der Waals surface area contributed by atoms with Crippen LogP contribution in [0, 0.1) is 5.92 Å². The number of para-hydroxylation sites is 1. The molecule has 2 N–H and O–H groups in total. The number of hydrogen-bond acceptors (Lipinski definition) is 6. The van der Waals surface area contributed by atoms with Crippen molar-refractivity contribution < 1.29 is 24.2 Å². The van der Waals surface area contributed by atoms with E-state index in [1.165, 1.54) is 12.3 Å². The number of fused-ring (bicyclic) bond motifs is 1. The summed E-state index contributed by atoms with van der Waals surface area (Å²) in [5, 5.41) is 20.0. The molecule has 0 spiro atoms. The van der Waals surface area contributed by atoms with Crippen molar-refractivity contribution in [3.63, 3.8) is 0 Å². The first kappa shape index (κ1) is 20.0. The van der Waals surface area contributed by atoms with Gasteiger partial charge in [0.15, 0.2) is 5.76 Å². The number of rotatable bonds is 6. The molecule has 0 saturated carbocycles. The Morgan fingerprint density at radius 1 is 1.00 bits per heavy atom. The van der Waals surface area contributed by atoms with Gasteiger partial charge in [-0.05, 0) is 60.4 Å². The Labute approximate surface area is 184 Å². The molecule has 0 amide bonds. The third kappa shape index (κ3) is 3.98. The van der Waals surface area contributed by atoms with Crippen molar-refractivity contribution in [2.45, 2.75) is 18.9 Å². The second-order valence-electron chi connectivity index (χ2n) is 7.73. The molecule has 2 unspecified atom stereocenters. The van der Waals surface area contributed by atoms with Crippen LogP contribution in [0.2, 0.25) is 0 Å². The Morgan fingerprint density at radius 2 is 1.81 bits per heavy atom. The van der Waals surface area contributed by atoms with Crippen LogP contribution < -0.4 is 4.74 Å². The zero-order chi connectivity index (χ0) is 22.1. The fourth-order valence-electron chi connectivity index (χ4n) is 3.98. The molecule has 0 radical (unpaired) electrons. The molecule has 2 aromatic heterocycles. The summed E-state index contributed by atoms with van der Waals surface area (Å²) in [6.07, 6.45) is 1.94. The highest BCUT2D eigenvalue weighted by Gasteiger charge is 2.32. The average molecular weight is 428 g/mol. The summed E-state index contributed by atoms with van der Waals surface area (Å²) >= 11 is 0. The molecule has 0 bridgehead atoms. The maximum absolute atomic E-state index is 11.1. The number of aromatic carboxylic acids is 1. The van der Waals surface area contributed by atoms with Crippen molar-refractivity contribution in [2.75, 3.05) is 0 Å². The smallest absolute Gasteiger partial charge is 0.354 e. The summed E-state index contributed by atoms with van der Waals surface area (Å²) in [5.74, 6) is 0.841. The van der Waals surface area contributed by atoms with E-state index in [0.29, 0.717) is 24.3 Å². The first-order valence-corrected chi connectivity index (χ1v) is 10.3. The van der Waals surface area contributed by atoms with Gasteiger partial charge in [0.25, 0.3) is 0 Å². The predicted octanol–water partition coefficient (Wildman–Crippen LogP) is 4.68. The van der Waals surface area contributed by atoms with Crippen molar-refractivity contribution in [3.05, 3.63) is 95.6 Å². The van der Waals surface area contributed by atoms with E-state index in [1.807, 2.05) is 48.5 Å². The average Bonchev–Trinajstić information content (AvgIpc) is 3.47. The first-order chi connectivity index (χ1) is 15.6. The van der Waals surface area contributed by atoms with E-state index in [1.54, 1.807) is 12.1 Å². The number of carboxylic acid groups (broad SMARTS) is 1. The fraction of sp³-hybridized carbons (Fsp3) is 0.160. The summed E-state index contributed by atoms with van der Waals surface area (Å²) in [4.78, 5) is 19.4. The quantitative estimate of drug-likeness (QED) is 0.459. The molecular formula is C25H20N2O5. The Hall–Kier alpha value is -3.97. The van der Waals surface area contributed by atoms with Crippen molar-refractivity contribution >= 4 is 5.97 Å². The van der Waals surface area contributed by atoms with Gasteiger partial charge in [-0.3, -0.25) is 0 Å². The number of aromatic nitrogens is 2. The molecular weight excluding hydrogens is 408 g/mol. The number of aliphatic hydroxyl groups excluding tert-OH is 1. The lowest BCUT2D eigenvalue weighted by molar-refractivity contribution is 0.0690. The summed E-state index contributed by atoms with van der Waals surface area (Å²) in [7, 11) is 0. The van der Waals surface area contributed by atoms with Crippen LogP contribution in [0.4, 0.5) is 0 Å². The highest BCUT2D eigenvalue weighted by molar-refractivity contribution is 5.85. The number of benzene rings is 2. The Kier molecular flexibility index (Phi) is 5.17. The second-order valence-corrected chi connectivity index (χ2v) is 7.73. The molecule has 0 aliphatic heterocycles. The second kappa shape index (κ2) is 8.28. The predicted molar refractivity (Wildman–Crippen MR) is 116 cm³/mol. The molecule has 5 rings (SSSR count). The van der Waals surface area contributed by atoms with Crippen molar-refractivity contribution in [2.24, 2.45) is 5.92 Å². The van der Waals surface area contributed by atoms with E-state index < -0.39 is 12.1 Å². The van der Waals surface area contributed by atoms with Crippen LogP contribution in [-0.2, 0) is 12.8 Å². The van der Waals surface area contributed by atoms with Crippen LogP contribution >= 0.6 is 0 Å². The number of ether oxygens (including phenoxy) is 1. The van der Waals surface area contributed by atoms with Gasteiger partial charge in [0.1, 0.15) is 29.0 Å². The lowest BCUT2D eigenvalue weighted by atomic mass is 9.99. The fourth-order valence-corrected chi connectivity index (χ4v) is 3.98. The minimum Gasteiger partial charge on any atom is -0.477 e. The molecule has 2 atom stereocenters. The van der Waals surface area contributed by atoms with Crippen molar-refractivity contribution in [3.8, 4) is 23.0 Å². The van der Waals surface area contributed by atoms with Crippen LogP contribution in [-0.4, -0.2) is 26.2 Å². The van der Waals surface area contributed by atoms with Crippen LogP contribution in [0.15, 0.2) is 77.3 Å². The Balaban J connectivity index is 1.30. The van der Waals surface area contributed by atoms with Gasteiger partial charge in [-0.1, -0.05) is 30.3 Å². The molecule has 160 valence electrons. The molecule has 2 aromatic carbocycles. The first-order valence-electron chi connectivity index (χ1n) is 10.3. The van der Waals surface area contributed by atoms with E-state index >= 15 is 0 Å². The highest BCUT2D eigenvalue weighted by Crippen LogP contribution is 2.38. The molecule has 0 fully saturated rings. The van der Waals surface area contributed by atoms with Gasteiger partial charge < -0.3 is 19.4 Å². The number of hydrogen-bond donors (Lipinski definition) is 2. The standard InChI is InChI=1S/C25H20N2O5/c28-23(24-26-14-22(32-24)20-7-4-8-21(27-20)25(29)30)17-11-15-9-10-19(13-16(15)12-17)31-18-5-2-1-3-6-18/h1-10,13-14,17,23,28H,11-12H2,(H,29,30). The molecule has 7 heteroatoms. The summed E-state index contributed by atoms with van der Waals surface area (Å²) in [6.45, 7) is 0. The van der Waals surface area contributed by atoms with Crippen molar-refractivity contribution in [1.29, 1.82) is 0 Å². The molecule has 4 aromatic rings. The van der Waals surface area contributed by atoms with E-state index in [2.05, 4.69) is 9.97 Å². The van der Waals surface area contributed by atoms with Gasteiger partial charge in [-0.25, -0.2) is 14.8 Å². The summed E-state index contributed by atoms with van der Waals surface area (Å²) in [5.41, 5.74) is 2.57. The molecule has 7 nitrogen and oxygen atoms in total. The van der Waals surface area contributed by atoms with Crippen LogP contribution in [0.3, 0.4) is 0 Å². The zero-order valence-corrected chi connectivity index (χ0v) is 17.0. The SMILES string of the molecule is O=C(O)c1cccc(-c2cnc(C(O)C3Cc4ccc(Oc5ccccc5)cc4C3)o2)n1. The molecule has 32 heavy (non-hydrogen) atoms. The lowest BCUT2D eigenvalue weighted by Crippen LogP contribution is -2.13. The molecule has 1 aliphatic carbocycles. The van der Waals surface area contributed by atoms with Crippen LogP contribution in [0.25, 0.3) is 11.5 Å². The van der Waals surface area contributed by atoms with Gasteiger partial charge in [0.2, 0.25) is 5.89 Å².